The van der Waals surface area contributed by atoms with Crippen LogP contribution < -0.4 is 5.32 Å². The van der Waals surface area contributed by atoms with Crippen molar-refractivity contribution in [2.24, 2.45) is 34.5 Å². The second kappa shape index (κ2) is 6.30. The Balaban J connectivity index is 1.44. The fourth-order valence-corrected chi connectivity index (χ4v) is 7.57. The summed E-state index contributed by atoms with van der Waals surface area (Å²) in [5.41, 5.74) is 1.07. The molecule has 1 aromatic carbocycles. The van der Waals surface area contributed by atoms with Crippen LogP contribution in [0.2, 0.25) is 0 Å². The number of rotatable bonds is 2. The maximum absolute atomic E-state index is 13.3. The Bertz CT molecular complexity index is 830. The molecule has 28 heavy (non-hydrogen) atoms. The van der Waals surface area contributed by atoms with Gasteiger partial charge in [-0.05, 0) is 67.8 Å². The Hall–Kier alpha value is -1.90. The minimum absolute atomic E-state index is 0.0657. The Labute approximate surface area is 168 Å². The second-order valence-electron chi connectivity index (χ2n) is 10.1. The largest absolute Gasteiger partial charge is 0.349 e. The first kappa shape index (κ1) is 18.1. The Morgan fingerprint density at radius 1 is 1.00 bits per heavy atom. The van der Waals surface area contributed by atoms with E-state index in [4.69, 9.17) is 0 Å². The molecule has 0 saturated heterocycles. The van der Waals surface area contributed by atoms with E-state index in [1.165, 1.54) is 19.3 Å². The predicted octanol–water partition coefficient (Wildman–Crippen LogP) is 4.78. The standard InChI is InChI=1S/C25H31NO2/c1-24-14-12-19-17(8-11-21-25(19,2)15-13-22(27)26-21)18(24)9-10-20(24)23(28)16-6-4-3-5-7-16/h3-7,13,15,17-21H,8-12,14H2,1-2H3,(H,26,27). The van der Waals surface area contributed by atoms with Crippen molar-refractivity contribution < 1.29 is 9.59 Å². The predicted molar refractivity (Wildman–Crippen MR) is 110 cm³/mol. The molecule has 3 aliphatic carbocycles. The van der Waals surface area contributed by atoms with Crippen LogP contribution in [-0.2, 0) is 4.79 Å². The van der Waals surface area contributed by atoms with Crippen LogP contribution in [0.4, 0.5) is 0 Å². The smallest absolute Gasteiger partial charge is 0.243 e. The maximum Gasteiger partial charge on any atom is 0.243 e. The average Bonchev–Trinajstić information content (AvgIpc) is 3.06. The first-order chi connectivity index (χ1) is 13.4. The Kier molecular flexibility index (Phi) is 4.08. The maximum atomic E-state index is 13.3. The number of carbonyl (C=O) groups excluding carboxylic acids is 2. The fraction of sp³-hybridized carbons (Fsp3) is 0.600. The van der Waals surface area contributed by atoms with Crippen molar-refractivity contribution in [3.63, 3.8) is 0 Å². The molecule has 0 radical (unpaired) electrons. The van der Waals surface area contributed by atoms with Crippen LogP contribution in [0.1, 0.15) is 62.7 Å². The van der Waals surface area contributed by atoms with E-state index in [2.05, 4.69) is 25.2 Å². The summed E-state index contributed by atoms with van der Waals surface area (Å²) in [4.78, 5) is 25.2. The van der Waals surface area contributed by atoms with E-state index < -0.39 is 0 Å². The van der Waals surface area contributed by atoms with Crippen molar-refractivity contribution in [1.82, 2.24) is 5.32 Å². The second-order valence-corrected chi connectivity index (χ2v) is 10.1. The molecule has 1 heterocycles. The molecule has 1 amide bonds. The van der Waals surface area contributed by atoms with Gasteiger partial charge in [0, 0.05) is 22.9 Å². The molecule has 1 aliphatic heterocycles. The molecule has 4 aliphatic rings. The number of hydrogen-bond donors (Lipinski definition) is 1. The lowest BCUT2D eigenvalue weighted by Gasteiger charge is -2.58. The monoisotopic (exact) mass is 377 g/mol. The molecule has 3 fully saturated rings. The highest BCUT2D eigenvalue weighted by Crippen LogP contribution is 2.65. The molecule has 0 aromatic heterocycles. The topological polar surface area (TPSA) is 46.2 Å². The van der Waals surface area contributed by atoms with Crippen LogP contribution in [0.5, 0.6) is 0 Å². The molecule has 0 spiro atoms. The van der Waals surface area contributed by atoms with Gasteiger partial charge in [0.2, 0.25) is 5.91 Å². The van der Waals surface area contributed by atoms with Crippen LogP contribution >= 0.6 is 0 Å². The van der Waals surface area contributed by atoms with Crippen LogP contribution in [0, 0.1) is 34.5 Å². The molecule has 3 nitrogen and oxygen atoms in total. The number of nitrogens with one attached hydrogen (secondary N) is 1. The van der Waals surface area contributed by atoms with E-state index >= 15 is 0 Å². The van der Waals surface area contributed by atoms with Crippen molar-refractivity contribution in [1.29, 1.82) is 0 Å². The third kappa shape index (κ3) is 2.47. The number of ketones is 1. The number of Topliss-reactive ketones (excluding diaryl/α,β-unsaturated/α-hetero) is 1. The third-order valence-electron chi connectivity index (χ3n) is 9.06. The summed E-state index contributed by atoms with van der Waals surface area (Å²) in [7, 11) is 0. The number of benzene rings is 1. The number of fused-ring (bicyclic) bond motifs is 5. The Morgan fingerprint density at radius 2 is 1.79 bits per heavy atom. The van der Waals surface area contributed by atoms with Gasteiger partial charge in [-0.3, -0.25) is 9.59 Å². The highest BCUT2D eigenvalue weighted by molar-refractivity contribution is 5.98. The van der Waals surface area contributed by atoms with Gasteiger partial charge in [-0.2, -0.15) is 0 Å². The van der Waals surface area contributed by atoms with Gasteiger partial charge in [0.25, 0.3) is 0 Å². The molecule has 1 N–H and O–H groups in total. The average molecular weight is 378 g/mol. The van der Waals surface area contributed by atoms with Gasteiger partial charge in [0.15, 0.2) is 5.78 Å². The molecule has 3 saturated carbocycles. The lowest BCUT2D eigenvalue weighted by Crippen LogP contribution is -2.59. The SMILES string of the molecule is CC12C=CC(=O)NC1CCC1C2CCC2(C)C(C(=O)c3ccccc3)CCC12. The van der Waals surface area contributed by atoms with Crippen molar-refractivity contribution in [2.45, 2.75) is 58.4 Å². The molecule has 0 bridgehead atoms. The zero-order chi connectivity index (χ0) is 19.5. The molecular formula is C25H31NO2. The van der Waals surface area contributed by atoms with E-state index in [1.54, 1.807) is 6.08 Å². The van der Waals surface area contributed by atoms with Gasteiger partial charge in [-0.1, -0.05) is 50.3 Å². The minimum Gasteiger partial charge on any atom is -0.349 e. The molecule has 7 unspecified atom stereocenters. The van der Waals surface area contributed by atoms with Gasteiger partial charge >= 0.3 is 0 Å². The molecular weight excluding hydrogens is 346 g/mol. The van der Waals surface area contributed by atoms with Gasteiger partial charge in [-0.25, -0.2) is 0 Å². The van der Waals surface area contributed by atoms with Gasteiger partial charge < -0.3 is 5.32 Å². The zero-order valence-electron chi connectivity index (χ0n) is 17.0. The number of carbonyl (C=O) groups is 2. The lowest BCUT2D eigenvalue weighted by atomic mass is 9.47. The molecule has 3 heteroatoms. The van der Waals surface area contributed by atoms with Gasteiger partial charge in [-0.15, -0.1) is 0 Å². The first-order valence-electron chi connectivity index (χ1n) is 11.0. The molecule has 7 atom stereocenters. The van der Waals surface area contributed by atoms with E-state index in [0.29, 0.717) is 23.5 Å². The van der Waals surface area contributed by atoms with Crippen molar-refractivity contribution in [2.75, 3.05) is 0 Å². The van der Waals surface area contributed by atoms with Crippen LogP contribution in [0.25, 0.3) is 0 Å². The van der Waals surface area contributed by atoms with Crippen molar-refractivity contribution in [3.05, 3.63) is 48.0 Å². The summed E-state index contributed by atoms with van der Waals surface area (Å²) in [5, 5.41) is 3.23. The van der Waals surface area contributed by atoms with Gasteiger partial charge in [0.1, 0.15) is 0 Å². The molecule has 148 valence electrons. The first-order valence-corrected chi connectivity index (χ1v) is 11.0. The quantitative estimate of drug-likeness (QED) is 0.754. The summed E-state index contributed by atoms with van der Waals surface area (Å²) < 4.78 is 0. The fourth-order valence-electron chi connectivity index (χ4n) is 7.57. The van der Waals surface area contributed by atoms with Gasteiger partial charge in [0.05, 0.1) is 0 Å². The highest BCUT2D eigenvalue weighted by Gasteiger charge is 2.60. The third-order valence-corrected chi connectivity index (χ3v) is 9.06. The molecule has 5 rings (SSSR count). The Morgan fingerprint density at radius 3 is 2.57 bits per heavy atom. The lowest BCUT2D eigenvalue weighted by molar-refractivity contribution is -0.122. The summed E-state index contributed by atoms with van der Waals surface area (Å²) >= 11 is 0. The van der Waals surface area contributed by atoms with Crippen molar-refractivity contribution >= 4 is 11.7 Å². The van der Waals surface area contributed by atoms with E-state index in [0.717, 1.165) is 24.8 Å². The summed E-state index contributed by atoms with van der Waals surface area (Å²) in [6.07, 6.45) is 10.7. The van der Waals surface area contributed by atoms with E-state index in [-0.39, 0.29) is 28.7 Å². The van der Waals surface area contributed by atoms with Crippen LogP contribution in [0.15, 0.2) is 42.5 Å². The summed E-state index contributed by atoms with van der Waals surface area (Å²) in [6.45, 7) is 4.76. The van der Waals surface area contributed by atoms with Crippen molar-refractivity contribution in [3.8, 4) is 0 Å². The molecule has 1 aromatic rings. The highest BCUT2D eigenvalue weighted by atomic mass is 16.1. The van der Waals surface area contributed by atoms with E-state index in [9.17, 15) is 9.59 Å². The summed E-state index contributed by atoms with van der Waals surface area (Å²) in [6, 6.07) is 10.2. The van der Waals surface area contributed by atoms with E-state index in [1.807, 2.05) is 30.3 Å². The zero-order valence-corrected chi connectivity index (χ0v) is 17.0. The van der Waals surface area contributed by atoms with Crippen LogP contribution in [-0.4, -0.2) is 17.7 Å². The summed E-state index contributed by atoms with van der Waals surface area (Å²) in [5.74, 6) is 2.51. The minimum atomic E-state index is 0.0657. The normalized spacial score (nSPS) is 44.2. The van der Waals surface area contributed by atoms with Crippen LogP contribution in [0.3, 0.4) is 0 Å². The number of hydrogen-bond acceptors (Lipinski definition) is 2. The number of amides is 1.